The first-order valence-corrected chi connectivity index (χ1v) is 5.82. The lowest BCUT2D eigenvalue weighted by molar-refractivity contribution is 0.150. The Morgan fingerprint density at radius 3 is 3.06 bits per heavy atom. The average Bonchev–Trinajstić information content (AvgIpc) is 2.40. The molecule has 0 atom stereocenters. The molecule has 5 nitrogen and oxygen atoms in total. The van der Waals surface area contributed by atoms with Crippen molar-refractivity contribution >= 4 is 34.7 Å². The van der Waals surface area contributed by atoms with Crippen LogP contribution in [0.3, 0.4) is 0 Å². The van der Waals surface area contributed by atoms with Crippen LogP contribution >= 0.6 is 12.2 Å². The van der Waals surface area contributed by atoms with Crippen LogP contribution in [0.5, 0.6) is 0 Å². The summed E-state index contributed by atoms with van der Waals surface area (Å²) >= 11 is 4.60. The second-order valence-electron chi connectivity index (χ2n) is 3.80. The molecule has 1 aliphatic rings. The number of aliphatic imine (C=N–C) groups is 1. The van der Waals surface area contributed by atoms with E-state index in [1.807, 2.05) is 12.1 Å². The van der Waals surface area contributed by atoms with Crippen LogP contribution in [0.2, 0.25) is 0 Å². The summed E-state index contributed by atoms with van der Waals surface area (Å²) in [5.74, 6) is 0. The Morgan fingerprint density at radius 1 is 1.61 bits per heavy atom. The van der Waals surface area contributed by atoms with Gasteiger partial charge in [0.25, 0.3) is 0 Å². The molecule has 0 saturated carbocycles. The molecular formula is C12H11N3O2S. The number of hydrogen-bond acceptors (Lipinski definition) is 4. The Hall–Kier alpha value is -2.04. The van der Waals surface area contributed by atoms with Crippen molar-refractivity contribution in [3.63, 3.8) is 0 Å². The molecule has 0 aromatic carbocycles. The number of rotatable bonds is 2. The number of carbonyl (C=O) groups is 1. The first kappa shape index (κ1) is 12.4. The van der Waals surface area contributed by atoms with Crippen LogP contribution in [0, 0.1) is 0 Å². The molecular weight excluding hydrogens is 250 g/mol. The molecule has 1 aliphatic heterocycles. The summed E-state index contributed by atoms with van der Waals surface area (Å²) < 4.78 is 0. The van der Waals surface area contributed by atoms with Gasteiger partial charge in [-0.1, -0.05) is 6.08 Å². The Bertz CT molecular complexity index is 550. The van der Waals surface area contributed by atoms with Crippen LogP contribution in [0.15, 0.2) is 29.5 Å². The zero-order valence-corrected chi connectivity index (χ0v) is 10.4. The summed E-state index contributed by atoms with van der Waals surface area (Å²) in [5, 5.41) is 11.2. The van der Waals surface area contributed by atoms with Gasteiger partial charge in [-0.2, -0.15) is 4.99 Å². The largest absolute Gasteiger partial charge is 0.465 e. The van der Waals surface area contributed by atoms with E-state index < -0.39 is 6.09 Å². The SMILES string of the molecule is O=C(O)N1CC=C(c2ccncc2N=C=S)CC1. The standard InChI is InChI=1S/C12H11N3O2S/c16-12(17)15-5-2-9(3-6-15)10-1-4-13-7-11(10)14-8-18/h1-2,4,7H,3,5-6H2,(H,16,17). The molecule has 0 saturated heterocycles. The molecule has 1 aromatic rings. The summed E-state index contributed by atoms with van der Waals surface area (Å²) in [6, 6.07) is 1.85. The van der Waals surface area contributed by atoms with Crippen molar-refractivity contribution in [3.8, 4) is 0 Å². The molecule has 1 N–H and O–H groups in total. The second-order valence-corrected chi connectivity index (χ2v) is 3.99. The third-order valence-corrected chi connectivity index (χ3v) is 2.88. The van der Waals surface area contributed by atoms with E-state index in [2.05, 4.69) is 27.4 Å². The van der Waals surface area contributed by atoms with E-state index in [4.69, 9.17) is 5.11 Å². The highest BCUT2D eigenvalue weighted by Crippen LogP contribution is 2.29. The van der Waals surface area contributed by atoms with Crippen LogP contribution in [-0.2, 0) is 0 Å². The fraction of sp³-hybridized carbons (Fsp3) is 0.250. The van der Waals surface area contributed by atoms with Gasteiger partial charge in [0.05, 0.1) is 17.0 Å². The number of carboxylic acid groups (broad SMARTS) is 1. The van der Waals surface area contributed by atoms with Gasteiger partial charge in [0.1, 0.15) is 0 Å². The Balaban J connectivity index is 2.28. The van der Waals surface area contributed by atoms with Crippen LogP contribution in [0.4, 0.5) is 10.5 Å². The van der Waals surface area contributed by atoms with Gasteiger partial charge in [-0.25, -0.2) is 4.79 Å². The van der Waals surface area contributed by atoms with Crippen LogP contribution in [0.25, 0.3) is 5.57 Å². The molecule has 0 radical (unpaired) electrons. The molecule has 1 aromatic heterocycles. The summed E-state index contributed by atoms with van der Waals surface area (Å²) in [7, 11) is 0. The predicted molar refractivity (Wildman–Crippen MR) is 71.1 cm³/mol. The number of isothiocyanates is 1. The lowest BCUT2D eigenvalue weighted by Gasteiger charge is -2.24. The lowest BCUT2D eigenvalue weighted by Crippen LogP contribution is -2.33. The number of hydrogen-bond donors (Lipinski definition) is 1. The molecule has 1 amide bonds. The van der Waals surface area contributed by atoms with Crippen molar-refractivity contribution in [1.29, 1.82) is 0 Å². The minimum atomic E-state index is -0.892. The van der Waals surface area contributed by atoms with Gasteiger partial charge in [-0.3, -0.25) is 4.98 Å². The maximum atomic E-state index is 10.8. The minimum absolute atomic E-state index is 0.397. The first-order valence-electron chi connectivity index (χ1n) is 5.41. The van der Waals surface area contributed by atoms with Crippen molar-refractivity contribution in [2.45, 2.75) is 6.42 Å². The van der Waals surface area contributed by atoms with Crippen molar-refractivity contribution in [2.75, 3.05) is 13.1 Å². The van der Waals surface area contributed by atoms with Gasteiger partial charge in [0.2, 0.25) is 0 Å². The summed E-state index contributed by atoms with van der Waals surface area (Å²) in [6.07, 6.45) is 4.98. The van der Waals surface area contributed by atoms with Crippen LogP contribution in [-0.4, -0.2) is 39.3 Å². The molecule has 0 bridgehead atoms. The topological polar surface area (TPSA) is 65.8 Å². The van der Waals surface area contributed by atoms with Crippen LogP contribution < -0.4 is 0 Å². The van der Waals surface area contributed by atoms with E-state index in [0.717, 1.165) is 11.1 Å². The quantitative estimate of drug-likeness (QED) is 0.656. The fourth-order valence-corrected chi connectivity index (χ4v) is 1.98. The van der Waals surface area contributed by atoms with Crippen molar-refractivity contribution in [1.82, 2.24) is 9.88 Å². The van der Waals surface area contributed by atoms with Crippen molar-refractivity contribution < 1.29 is 9.90 Å². The summed E-state index contributed by atoms with van der Waals surface area (Å²) in [6.45, 7) is 0.887. The van der Waals surface area contributed by atoms with E-state index in [1.165, 1.54) is 4.90 Å². The monoisotopic (exact) mass is 261 g/mol. The highest BCUT2D eigenvalue weighted by Gasteiger charge is 2.18. The second kappa shape index (κ2) is 5.53. The normalized spacial score (nSPS) is 14.7. The average molecular weight is 261 g/mol. The maximum absolute atomic E-state index is 10.8. The summed E-state index contributed by atoms with van der Waals surface area (Å²) in [4.78, 5) is 20.1. The Morgan fingerprint density at radius 2 is 2.44 bits per heavy atom. The third kappa shape index (κ3) is 2.61. The summed E-state index contributed by atoms with van der Waals surface area (Å²) in [5.41, 5.74) is 2.67. The van der Waals surface area contributed by atoms with Crippen LogP contribution in [0.1, 0.15) is 12.0 Å². The van der Waals surface area contributed by atoms with Crippen molar-refractivity contribution in [3.05, 3.63) is 30.1 Å². The molecule has 0 unspecified atom stereocenters. The lowest BCUT2D eigenvalue weighted by atomic mass is 9.99. The van der Waals surface area contributed by atoms with E-state index in [0.29, 0.717) is 25.2 Å². The predicted octanol–water partition coefficient (Wildman–Crippen LogP) is 2.58. The van der Waals surface area contributed by atoms with E-state index >= 15 is 0 Å². The van der Waals surface area contributed by atoms with E-state index in [9.17, 15) is 4.79 Å². The first-order chi connectivity index (χ1) is 8.72. The fourth-order valence-electron chi connectivity index (χ4n) is 1.88. The van der Waals surface area contributed by atoms with E-state index in [1.54, 1.807) is 12.4 Å². The zero-order valence-electron chi connectivity index (χ0n) is 9.54. The smallest absolute Gasteiger partial charge is 0.407 e. The highest BCUT2D eigenvalue weighted by molar-refractivity contribution is 7.78. The molecule has 0 spiro atoms. The molecule has 2 heterocycles. The minimum Gasteiger partial charge on any atom is -0.465 e. The van der Waals surface area contributed by atoms with Gasteiger partial charge in [0, 0.05) is 24.8 Å². The van der Waals surface area contributed by atoms with Crippen molar-refractivity contribution in [2.24, 2.45) is 4.99 Å². The Labute approximate surface area is 109 Å². The van der Waals surface area contributed by atoms with E-state index in [-0.39, 0.29) is 0 Å². The van der Waals surface area contributed by atoms with Gasteiger partial charge in [-0.15, -0.1) is 0 Å². The van der Waals surface area contributed by atoms with Gasteiger partial charge >= 0.3 is 6.09 Å². The molecule has 92 valence electrons. The van der Waals surface area contributed by atoms with Gasteiger partial charge in [-0.05, 0) is 30.3 Å². The molecule has 0 aliphatic carbocycles. The number of pyridine rings is 1. The van der Waals surface area contributed by atoms with Gasteiger partial charge < -0.3 is 10.0 Å². The highest BCUT2D eigenvalue weighted by atomic mass is 32.1. The van der Waals surface area contributed by atoms with Gasteiger partial charge in [0.15, 0.2) is 0 Å². The number of amides is 1. The maximum Gasteiger partial charge on any atom is 0.407 e. The molecule has 2 rings (SSSR count). The number of aromatic nitrogens is 1. The zero-order chi connectivity index (χ0) is 13.0. The molecule has 18 heavy (non-hydrogen) atoms. The number of thiocarbonyl (C=S) groups is 1. The Kier molecular flexibility index (Phi) is 3.82. The third-order valence-electron chi connectivity index (χ3n) is 2.79. The number of nitrogens with zero attached hydrogens (tertiary/aromatic N) is 3. The molecule has 0 fully saturated rings. The molecule has 6 heteroatoms.